The topological polar surface area (TPSA) is 121 Å². The predicted octanol–water partition coefficient (Wildman–Crippen LogP) is 3.57. The quantitative estimate of drug-likeness (QED) is 0.394. The van der Waals surface area contributed by atoms with Crippen LogP contribution in [0.3, 0.4) is 0 Å². The number of carboxylic acid groups (broad SMARTS) is 1. The van der Waals surface area contributed by atoms with Gasteiger partial charge in [0.25, 0.3) is 5.91 Å². The van der Waals surface area contributed by atoms with E-state index in [4.69, 9.17) is 10.8 Å². The van der Waals surface area contributed by atoms with Crippen molar-refractivity contribution in [3.63, 3.8) is 0 Å². The van der Waals surface area contributed by atoms with Gasteiger partial charge in [0.05, 0.1) is 12.1 Å². The molecule has 0 bridgehead atoms. The van der Waals surface area contributed by atoms with Gasteiger partial charge in [-0.25, -0.2) is 4.98 Å². The molecule has 5 N–H and O–H groups in total. The number of anilines is 1. The number of carbonyl (C=O) groups is 2. The van der Waals surface area contributed by atoms with Crippen LogP contribution in [0.4, 0.5) is 5.69 Å². The van der Waals surface area contributed by atoms with E-state index >= 15 is 0 Å². The van der Waals surface area contributed by atoms with Gasteiger partial charge >= 0.3 is 5.97 Å². The molecule has 30 heavy (non-hydrogen) atoms. The maximum atomic E-state index is 13.0. The number of pyridine rings is 1. The van der Waals surface area contributed by atoms with Crippen LogP contribution in [0.5, 0.6) is 0 Å². The summed E-state index contributed by atoms with van der Waals surface area (Å²) in [5.74, 6) is -1.38. The van der Waals surface area contributed by atoms with Crippen LogP contribution in [0.15, 0.2) is 66.9 Å². The zero-order valence-corrected chi connectivity index (χ0v) is 16.1. The average Bonchev–Trinajstić information content (AvgIpc) is 3.23. The van der Waals surface area contributed by atoms with Gasteiger partial charge in [-0.3, -0.25) is 9.59 Å². The molecule has 0 radical (unpaired) electrons. The molecule has 4 rings (SSSR count). The molecule has 0 saturated carbocycles. The molecule has 2 heterocycles. The molecule has 0 aliphatic carbocycles. The lowest BCUT2D eigenvalue weighted by Gasteiger charge is -2.11. The Morgan fingerprint density at radius 1 is 1.07 bits per heavy atom. The lowest BCUT2D eigenvalue weighted by molar-refractivity contribution is -0.136. The van der Waals surface area contributed by atoms with Crippen molar-refractivity contribution in [3.8, 4) is 11.3 Å². The predicted molar refractivity (Wildman–Crippen MR) is 115 cm³/mol. The molecular weight excluding hydrogens is 380 g/mol. The largest absolute Gasteiger partial charge is 0.481 e. The van der Waals surface area contributed by atoms with E-state index in [1.807, 2.05) is 30.3 Å². The van der Waals surface area contributed by atoms with Gasteiger partial charge in [0, 0.05) is 34.9 Å². The summed E-state index contributed by atoms with van der Waals surface area (Å²) in [7, 11) is 0. The number of carboxylic acids is 1. The van der Waals surface area contributed by atoms with Crippen LogP contribution >= 0.6 is 0 Å². The third-order valence-electron chi connectivity index (χ3n) is 4.82. The fourth-order valence-corrected chi connectivity index (χ4v) is 3.39. The van der Waals surface area contributed by atoms with Crippen molar-refractivity contribution >= 4 is 28.5 Å². The molecule has 1 amide bonds. The second-order valence-electron chi connectivity index (χ2n) is 6.88. The first-order chi connectivity index (χ1) is 14.5. The Morgan fingerprint density at radius 2 is 1.90 bits per heavy atom. The minimum atomic E-state index is -0.968. The summed E-state index contributed by atoms with van der Waals surface area (Å²) in [6, 6.07) is 18.2. The van der Waals surface area contributed by atoms with Crippen LogP contribution in [-0.4, -0.2) is 27.0 Å². The fraction of sp³-hybridized carbons (Fsp3) is 0.0870. The molecule has 4 aromatic rings. The van der Waals surface area contributed by atoms with Gasteiger partial charge in [0.15, 0.2) is 0 Å². The number of aliphatic carboxylic acids is 1. The highest BCUT2D eigenvalue weighted by molar-refractivity contribution is 6.07. The first kappa shape index (κ1) is 19.4. The highest BCUT2D eigenvalue weighted by atomic mass is 16.4. The maximum Gasteiger partial charge on any atom is 0.307 e. The zero-order valence-electron chi connectivity index (χ0n) is 16.1. The minimum absolute atomic E-state index is 0.184. The normalized spacial score (nSPS) is 10.8. The highest BCUT2D eigenvalue weighted by Gasteiger charge is 2.16. The standard InChI is InChI=1S/C23H20N4O3/c24-13-14-4-3-6-16(10-14)22-17-8-9-25-19(17)12-20(26-22)23(30)27-18-7-2-1-5-15(18)11-21(28)29/h1-10,12,25H,11,13,24H2,(H,27,30)(H,28,29). The zero-order chi connectivity index (χ0) is 21.1. The van der Waals surface area contributed by atoms with Crippen LogP contribution in [-0.2, 0) is 17.8 Å². The number of hydrogen-bond donors (Lipinski definition) is 4. The molecule has 2 aromatic carbocycles. The van der Waals surface area contributed by atoms with Crippen molar-refractivity contribution in [2.45, 2.75) is 13.0 Å². The molecule has 0 aliphatic heterocycles. The van der Waals surface area contributed by atoms with Gasteiger partial charge in [0.1, 0.15) is 5.69 Å². The fourth-order valence-electron chi connectivity index (χ4n) is 3.39. The number of aromatic nitrogens is 2. The smallest absolute Gasteiger partial charge is 0.307 e. The average molecular weight is 400 g/mol. The monoisotopic (exact) mass is 400 g/mol. The minimum Gasteiger partial charge on any atom is -0.481 e. The molecule has 0 saturated heterocycles. The van der Waals surface area contributed by atoms with Crippen molar-refractivity contribution in [1.82, 2.24) is 9.97 Å². The van der Waals surface area contributed by atoms with Gasteiger partial charge < -0.3 is 21.1 Å². The second kappa shape index (κ2) is 8.18. The Bertz CT molecular complexity index is 1250. The van der Waals surface area contributed by atoms with E-state index in [0.29, 0.717) is 23.5 Å². The first-order valence-electron chi connectivity index (χ1n) is 9.43. The van der Waals surface area contributed by atoms with Crippen LogP contribution in [0.2, 0.25) is 0 Å². The van der Waals surface area contributed by atoms with Crippen LogP contribution < -0.4 is 11.1 Å². The molecule has 0 fully saturated rings. The summed E-state index contributed by atoms with van der Waals surface area (Å²) >= 11 is 0. The van der Waals surface area contributed by atoms with E-state index < -0.39 is 11.9 Å². The number of rotatable bonds is 6. The summed E-state index contributed by atoms with van der Waals surface area (Å²) in [5.41, 5.74) is 10.3. The van der Waals surface area contributed by atoms with Gasteiger partial charge in [-0.05, 0) is 35.4 Å². The molecule has 7 heteroatoms. The molecule has 0 unspecified atom stereocenters. The lowest BCUT2D eigenvalue weighted by atomic mass is 10.0. The number of aromatic amines is 1. The summed E-state index contributed by atoms with van der Waals surface area (Å²) in [6.07, 6.45) is 1.61. The number of fused-ring (bicyclic) bond motifs is 1. The van der Waals surface area contributed by atoms with E-state index in [2.05, 4.69) is 15.3 Å². The number of carbonyl (C=O) groups excluding carboxylic acids is 1. The highest BCUT2D eigenvalue weighted by Crippen LogP contribution is 2.28. The van der Waals surface area contributed by atoms with Crippen molar-refractivity contribution in [1.29, 1.82) is 0 Å². The van der Waals surface area contributed by atoms with Crippen molar-refractivity contribution in [3.05, 3.63) is 83.7 Å². The van der Waals surface area contributed by atoms with Gasteiger partial charge in [-0.15, -0.1) is 0 Å². The molecule has 150 valence electrons. The molecule has 0 spiro atoms. The first-order valence-corrected chi connectivity index (χ1v) is 9.43. The van der Waals surface area contributed by atoms with Crippen LogP contribution in [0.1, 0.15) is 21.6 Å². The summed E-state index contributed by atoms with van der Waals surface area (Å²) in [4.78, 5) is 31.8. The third kappa shape index (κ3) is 3.92. The number of hydrogen-bond acceptors (Lipinski definition) is 4. The second-order valence-corrected chi connectivity index (χ2v) is 6.88. The SMILES string of the molecule is NCc1cccc(-c2nc(C(=O)Nc3ccccc3CC(=O)O)cc3[nH]ccc23)c1. The Kier molecular flexibility index (Phi) is 5.28. The van der Waals surface area contributed by atoms with E-state index in [-0.39, 0.29) is 12.1 Å². The van der Waals surface area contributed by atoms with Crippen molar-refractivity contribution < 1.29 is 14.7 Å². The number of para-hydroxylation sites is 1. The molecule has 0 atom stereocenters. The van der Waals surface area contributed by atoms with Gasteiger partial charge in [-0.2, -0.15) is 0 Å². The Hall–Kier alpha value is -3.97. The van der Waals surface area contributed by atoms with Crippen molar-refractivity contribution in [2.24, 2.45) is 5.73 Å². The molecular formula is C23H20N4O3. The number of benzene rings is 2. The van der Waals surface area contributed by atoms with Crippen LogP contribution in [0.25, 0.3) is 22.2 Å². The Balaban J connectivity index is 1.73. The van der Waals surface area contributed by atoms with Gasteiger partial charge in [-0.1, -0.05) is 36.4 Å². The van der Waals surface area contributed by atoms with E-state index in [1.54, 1.807) is 36.5 Å². The number of amides is 1. The summed E-state index contributed by atoms with van der Waals surface area (Å²) in [6.45, 7) is 0.407. The van der Waals surface area contributed by atoms with E-state index in [0.717, 1.165) is 22.0 Å². The number of nitrogens with two attached hydrogens (primary N) is 1. The number of nitrogens with one attached hydrogen (secondary N) is 2. The van der Waals surface area contributed by atoms with E-state index in [9.17, 15) is 9.59 Å². The summed E-state index contributed by atoms with van der Waals surface area (Å²) < 4.78 is 0. The van der Waals surface area contributed by atoms with Gasteiger partial charge in [0.2, 0.25) is 0 Å². The number of H-pyrrole nitrogens is 1. The molecule has 0 aliphatic rings. The number of nitrogens with zero attached hydrogens (tertiary/aromatic N) is 1. The molecule has 7 nitrogen and oxygen atoms in total. The lowest BCUT2D eigenvalue weighted by Crippen LogP contribution is -2.16. The Labute approximate surface area is 172 Å². The third-order valence-corrected chi connectivity index (χ3v) is 4.82. The van der Waals surface area contributed by atoms with E-state index in [1.165, 1.54) is 0 Å². The van der Waals surface area contributed by atoms with Crippen molar-refractivity contribution in [2.75, 3.05) is 5.32 Å². The summed E-state index contributed by atoms with van der Waals surface area (Å²) in [5, 5.41) is 12.8. The van der Waals surface area contributed by atoms with Crippen LogP contribution in [0, 0.1) is 0 Å². The Morgan fingerprint density at radius 3 is 2.70 bits per heavy atom. The molecule has 2 aromatic heterocycles. The maximum absolute atomic E-state index is 13.0.